The molecule has 0 atom stereocenters. The van der Waals surface area contributed by atoms with Crippen LogP contribution in [0.4, 0.5) is 11.5 Å². The average molecular weight is 296 g/mol. The van der Waals surface area contributed by atoms with Crippen LogP contribution in [0.3, 0.4) is 0 Å². The molecule has 0 saturated heterocycles. The number of aromatic carboxylic acids is 1. The lowest BCUT2D eigenvalue weighted by Crippen LogP contribution is -2.29. The summed E-state index contributed by atoms with van der Waals surface area (Å²) in [6, 6.07) is 1.05. The molecule has 116 valence electrons. The summed E-state index contributed by atoms with van der Waals surface area (Å²) >= 11 is 0. The van der Waals surface area contributed by atoms with Crippen molar-refractivity contribution in [2.75, 3.05) is 38.6 Å². The molecule has 0 unspecified atom stereocenters. The molecule has 0 aliphatic heterocycles. The van der Waals surface area contributed by atoms with Gasteiger partial charge in [0.2, 0.25) is 0 Å². The van der Waals surface area contributed by atoms with Gasteiger partial charge in [0, 0.05) is 19.2 Å². The Labute approximate surface area is 123 Å². The Morgan fingerprint density at radius 2 is 2.10 bits per heavy atom. The zero-order chi connectivity index (χ0) is 16.0. The monoisotopic (exact) mass is 296 g/mol. The van der Waals surface area contributed by atoms with Crippen LogP contribution in [-0.2, 0) is 0 Å². The molecule has 1 heterocycles. The number of carbonyl (C=O) groups is 1. The van der Waals surface area contributed by atoms with E-state index < -0.39 is 10.9 Å². The average Bonchev–Trinajstić information content (AvgIpc) is 2.42. The standard InChI is InChI=1S/C13H20N4O4/c1-4-16(7-5-6-15(2)3)12-11(13(18)19)8-10(9-14-12)17(20)21/h8-9H,4-7H2,1-3H3,(H,18,19). The van der Waals surface area contributed by atoms with Crippen LogP contribution >= 0.6 is 0 Å². The van der Waals surface area contributed by atoms with Gasteiger partial charge >= 0.3 is 5.97 Å². The van der Waals surface area contributed by atoms with Gasteiger partial charge in [0.25, 0.3) is 5.69 Å². The molecule has 0 aliphatic rings. The molecule has 0 aromatic carbocycles. The smallest absolute Gasteiger partial charge is 0.339 e. The molecular weight excluding hydrogens is 276 g/mol. The number of carboxylic acid groups (broad SMARTS) is 1. The molecule has 1 rings (SSSR count). The number of nitrogens with zero attached hydrogens (tertiary/aromatic N) is 4. The van der Waals surface area contributed by atoms with E-state index in [0.29, 0.717) is 13.1 Å². The van der Waals surface area contributed by atoms with Crippen LogP contribution in [-0.4, -0.2) is 59.6 Å². The van der Waals surface area contributed by atoms with Crippen LogP contribution in [0.25, 0.3) is 0 Å². The molecule has 0 fully saturated rings. The first-order valence-corrected chi connectivity index (χ1v) is 6.64. The highest BCUT2D eigenvalue weighted by atomic mass is 16.6. The molecule has 1 N–H and O–H groups in total. The minimum absolute atomic E-state index is 0.143. The van der Waals surface area contributed by atoms with Gasteiger partial charge in [-0.25, -0.2) is 9.78 Å². The van der Waals surface area contributed by atoms with Crippen molar-refractivity contribution in [2.24, 2.45) is 0 Å². The van der Waals surface area contributed by atoms with Crippen molar-refractivity contribution in [3.8, 4) is 0 Å². The topological polar surface area (TPSA) is 99.8 Å². The number of hydrogen-bond acceptors (Lipinski definition) is 6. The van der Waals surface area contributed by atoms with E-state index in [-0.39, 0.29) is 17.1 Å². The molecule has 8 heteroatoms. The summed E-state index contributed by atoms with van der Waals surface area (Å²) in [6.07, 6.45) is 1.94. The minimum atomic E-state index is -1.22. The summed E-state index contributed by atoms with van der Waals surface area (Å²) in [4.78, 5) is 29.2. The Morgan fingerprint density at radius 3 is 2.57 bits per heavy atom. The van der Waals surface area contributed by atoms with Crippen molar-refractivity contribution >= 4 is 17.5 Å². The van der Waals surface area contributed by atoms with Crippen LogP contribution < -0.4 is 4.90 Å². The van der Waals surface area contributed by atoms with Crippen molar-refractivity contribution in [1.29, 1.82) is 0 Å². The first-order chi connectivity index (χ1) is 9.86. The van der Waals surface area contributed by atoms with Crippen molar-refractivity contribution in [3.63, 3.8) is 0 Å². The number of anilines is 1. The van der Waals surface area contributed by atoms with Gasteiger partial charge in [-0.05, 0) is 34.0 Å². The summed E-state index contributed by atoms with van der Waals surface area (Å²) < 4.78 is 0. The van der Waals surface area contributed by atoms with E-state index in [9.17, 15) is 20.0 Å². The third-order valence-corrected chi connectivity index (χ3v) is 3.01. The summed E-state index contributed by atoms with van der Waals surface area (Å²) in [5, 5.41) is 20.0. The van der Waals surface area contributed by atoms with Crippen molar-refractivity contribution < 1.29 is 14.8 Å². The summed E-state index contributed by atoms with van der Waals surface area (Å²) in [5.41, 5.74) is -0.462. The van der Waals surface area contributed by atoms with E-state index in [4.69, 9.17) is 0 Å². The molecule has 0 bridgehead atoms. The van der Waals surface area contributed by atoms with Crippen molar-refractivity contribution in [2.45, 2.75) is 13.3 Å². The molecule has 0 radical (unpaired) electrons. The third-order valence-electron chi connectivity index (χ3n) is 3.01. The molecule has 1 aromatic heterocycles. The van der Waals surface area contributed by atoms with Gasteiger partial charge in [0.15, 0.2) is 0 Å². The molecule has 0 amide bonds. The second-order valence-corrected chi connectivity index (χ2v) is 4.86. The molecule has 0 saturated carbocycles. The van der Waals surface area contributed by atoms with E-state index in [2.05, 4.69) is 4.98 Å². The molecular formula is C13H20N4O4. The Balaban J connectivity index is 3.02. The lowest BCUT2D eigenvalue weighted by molar-refractivity contribution is -0.385. The largest absolute Gasteiger partial charge is 0.478 e. The second kappa shape index (κ2) is 7.53. The SMILES string of the molecule is CCN(CCCN(C)C)c1ncc([N+](=O)[O-])cc1C(=O)O. The highest BCUT2D eigenvalue weighted by molar-refractivity contribution is 5.94. The summed E-state index contributed by atoms with van der Waals surface area (Å²) in [5.74, 6) is -0.943. The lowest BCUT2D eigenvalue weighted by Gasteiger charge is -2.24. The van der Waals surface area contributed by atoms with Gasteiger partial charge in [0.05, 0.1) is 4.92 Å². The van der Waals surface area contributed by atoms with E-state index in [1.807, 2.05) is 30.8 Å². The van der Waals surface area contributed by atoms with Crippen LogP contribution in [0.5, 0.6) is 0 Å². The Kier molecular flexibility index (Phi) is 6.04. The predicted octanol–water partition coefficient (Wildman–Crippen LogP) is 1.47. The van der Waals surface area contributed by atoms with E-state index >= 15 is 0 Å². The zero-order valence-electron chi connectivity index (χ0n) is 12.4. The maximum absolute atomic E-state index is 11.3. The number of pyridine rings is 1. The van der Waals surface area contributed by atoms with Gasteiger partial charge in [-0.2, -0.15) is 0 Å². The Bertz CT molecular complexity index is 519. The van der Waals surface area contributed by atoms with Gasteiger partial charge in [-0.3, -0.25) is 10.1 Å². The summed E-state index contributed by atoms with van der Waals surface area (Å²) in [6.45, 7) is 3.98. The second-order valence-electron chi connectivity index (χ2n) is 4.86. The van der Waals surface area contributed by atoms with E-state index in [1.165, 1.54) is 0 Å². The van der Waals surface area contributed by atoms with E-state index in [0.717, 1.165) is 25.2 Å². The van der Waals surface area contributed by atoms with Crippen LogP contribution in [0.2, 0.25) is 0 Å². The van der Waals surface area contributed by atoms with Crippen molar-refractivity contribution in [3.05, 3.63) is 27.9 Å². The summed E-state index contributed by atoms with van der Waals surface area (Å²) in [7, 11) is 3.92. The highest BCUT2D eigenvalue weighted by Crippen LogP contribution is 2.22. The maximum atomic E-state index is 11.3. The quantitative estimate of drug-likeness (QED) is 0.572. The lowest BCUT2D eigenvalue weighted by atomic mass is 10.2. The molecule has 0 aliphatic carbocycles. The number of aromatic nitrogens is 1. The predicted molar refractivity (Wildman–Crippen MR) is 78.9 cm³/mol. The van der Waals surface area contributed by atoms with Gasteiger partial charge in [0.1, 0.15) is 17.6 Å². The van der Waals surface area contributed by atoms with Crippen LogP contribution in [0.1, 0.15) is 23.7 Å². The number of hydrogen-bond donors (Lipinski definition) is 1. The third kappa shape index (κ3) is 4.67. The highest BCUT2D eigenvalue weighted by Gasteiger charge is 2.20. The molecule has 0 spiro atoms. The maximum Gasteiger partial charge on any atom is 0.339 e. The zero-order valence-corrected chi connectivity index (χ0v) is 12.4. The molecule has 1 aromatic rings. The van der Waals surface area contributed by atoms with Gasteiger partial charge in [-0.1, -0.05) is 0 Å². The van der Waals surface area contributed by atoms with Gasteiger partial charge < -0.3 is 14.9 Å². The Morgan fingerprint density at radius 1 is 1.43 bits per heavy atom. The molecule has 8 nitrogen and oxygen atoms in total. The fourth-order valence-electron chi connectivity index (χ4n) is 1.95. The number of carboxylic acids is 1. The van der Waals surface area contributed by atoms with Gasteiger partial charge in [-0.15, -0.1) is 0 Å². The Hall–Kier alpha value is -2.22. The number of rotatable bonds is 8. The normalized spacial score (nSPS) is 10.7. The first-order valence-electron chi connectivity index (χ1n) is 6.64. The fraction of sp³-hybridized carbons (Fsp3) is 0.538. The van der Waals surface area contributed by atoms with Crippen molar-refractivity contribution in [1.82, 2.24) is 9.88 Å². The minimum Gasteiger partial charge on any atom is -0.478 e. The molecule has 21 heavy (non-hydrogen) atoms. The first kappa shape index (κ1) is 16.8. The van der Waals surface area contributed by atoms with Crippen LogP contribution in [0, 0.1) is 10.1 Å². The van der Waals surface area contributed by atoms with E-state index in [1.54, 1.807) is 0 Å². The fourth-order valence-corrected chi connectivity index (χ4v) is 1.95. The van der Waals surface area contributed by atoms with Crippen LogP contribution in [0.15, 0.2) is 12.3 Å². The number of nitro groups is 1.